The predicted octanol–water partition coefficient (Wildman–Crippen LogP) is 7.01. The van der Waals surface area contributed by atoms with Gasteiger partial charge in [-0.1, -0.05) is 80.8 Å². The Balaban J connectivity index is 0.000000164. The number of hydrogen-bond acceptors (Lipinski definition) is 9. The maximum absolute atomic E-state index is 13.2. The standard InChI is InChI=1S/C25H34O6.C22H24ClN3O/c1-4-5-21-30-20-11-17-16-7-6-14-10-15(27)8-9-23(14,2)22(16)18(28)12-24(17,3)25(20,31-21)19(29)13-26;1-25-13-4-5-18(12-14-25)26-22(27)20-7-3-2-6-19(20)21(24-26)15-16-8-10-17(23)11-9-16/h8-10,16-18,20-22,26,28H,4-7,11-13H2,1-3H3;2-3,6-11,18H,4-5,12-15H2,1H3/t16-,17-,18-,20+,21?,22+,23-,24-,25+;/m0./s1. The zero-order chi connectivity index (χ0) is 41.0. The highest BCUT2D eigenvalue weighted by Crippen LogP contribution is 2.69. The molecule has 4 aliphatic carbocycles. The Bertz CT molecular complexity index is 2170. The Hall–Kier alpha value is -3.51. The van der Waals surface area contributed by atoms with Crippen LogP contribution in [0.15, 0.2) is 77.1 Å². The molecule has 10 atom stereocenters. The lowest BCUT2D eigenvalue weighted by Crippen LogP contribution is -2.63. The van der Waals surface area contributed by atoms with Crippen LogP contribution in [0.5, 0.6) is 0 Å². The number of aliphatic hydroxyl groups is 2. The minimum atomic E-state index is -1.20. The number of fused-ring (bicyclic) bond motifs is 8. The first-order valence-electron chi connectivity index (χ1n) is 21.4. The molecule has 3 saturated carbocycles. The number of allylic oxidation sites excluding steroid dienone is 4. The van der Waals surface area contributed by atoms with E-state index in [4.69, 9.17) is 26.2 Å². The summed E-state index contributed by atoms with van der Waals surface area (Å²) in [5.74, 6) is 0.0274. The van der Waals surface area contributed by atoms with Gasteiger partial charge < -0.3 is 24.6 Å². The molecule has 6 aliphatic rings. The lowest BCUT2D eigenvalue weighted by atomic mass is 9.46. The number of hydrogen-bond donors (Lipinski definition) is 2. The van der Waals surface area contributed by atoms with Gasteiger partial charge in [0.05, 0.1) is 29.3 Å². The molecule has 2 saturated heterocycles. The zero-order valence-corrected chi connectivity index (χ0v) is 35.0. The van der Waals surface area contributed by atoms with E-state index in [9.17, 15) is 24.6 Å². The van der Waals surface area contributed by atoms with Crippen LogP contribution in [0.1, 0.15) is 95.9 Å². The van der Waals surface area contributed by atoms with Gasteiger partial charge >= 0.3 is 0 Å². The number of aromatic nitrogens is 2. The molecular formula is C47H58ClN3O7. The Morgan fingerprint density at radius 3 is 2.53 bits per heavy atom. The number of ether oxygens (including phenoxy) is 2. The van der Waals surface area contributed by atoms with Crippen LogP contribution >= 0.6 is 11.6 Å². The lowest BCUT2D eigenvalue weighted by Gasteiger charge is -2.59. The maximum Gasteiger partial charge on any atom is 0.274 e. The number of benzene rings is 2. The highest BCUT2D eigenvalue weighted by atomic mass is 35.5. The number of ketones is 2. The third-order valence-electron chi connectivity index (χ3n) is 14.8. The zero-order valence-electron chi connectivity index (χ0n) is 34.2. The van der Waals surface area contributed by atoms with Gasteiger partial charge in [0.15, 0.2) is 23.5 Å². The van der Waals surface area contributed by atoms with E-state index in [0.717, 1.165) is 84.2 Å². The summed E-state index contributed by atoms with van der Waals surface area (Å²) in [5.41, 5.74) is 1.07. The average molecular weight is 812 g/mol. The number of rotatable bonds is 7. The predicted molar refractivity (Wildman–Crippen MR) is 224 cm³/mol. The lowest BCUT2D eigenvalue weighted by molar-refractivity contribution is -0.200. The number of carbonyl (C=O) groups excluding carboxylic acids is 2. The fraction of sp³-hybridized carbons (Fsp3) is 0.574. The monoisotopic (exact) mass is 811 g/mol. The number of aliphatic hydroxyl groups excluding tert-OH is 2. The maximum atomic E-state index is 13.2. The van der Waals surface area contributed by atoms with Crippen LogP contribution < -0.4 is 5.56 Å². The van der Waals surface area contributed by atoms with Crippen LogP contribution in [-0.4, -0.2) is 87.3 Å². The van der Waals surface area contributed by atoms with Crippen molar-refractivity contribution in [3.8, 4) is 0 Å². The number of Topliss-reactive ketones (excluding diaryl/α,β-unsaturated/α-hetero) is 1. The van der Waals surface area contributed by atoms with Gasteiger partial charge in [-0.15, -0.1) is 0 Å². The fourth-order valence-corrected chi connectivity index (χ4v) is 12.2. The normalized spacial score (nSPS) is 35.5. The van der Waals surface area contributed by atoms with Crippen molar-refractivity contribution in [1.82, 2.24) is 14.7 Å². The van der Waals surface area contributed by atoms with Crippen LogP contribution in [0.25, 0.3) is 10.8 Å². The molecule has 2 unspecified atom stereocenters. The molecule has 0 spiro atoms. The van der Waals surface area contributed by atoms with Crippen molar-refractivity contribution in [3.63, 3.8) is 0 Å². The Morgan fingerprint density at radius 1 is 1.03 bits per heavy atom. The van der Waals surface area contributed by atoms with E-state index in [1.165, 1.54) is 0 Å². The molecule has 9 rings (SSSR count). The molecule has 2 N–H and O–H groups in total. The van der Waals surface area contributed by atoms with E-state index in [0.29, 0.717) is 25.7 Å². The fourth-order valence-electron chi connectivity index (χ4n) is 12.0. The first-order chi connectivity index (χ1) is 27.8. The summed E-state index contributed by atoms with van der Waals surface area (Å²) in [4.78, 5) is 40.7. The molecule has 11 heteroatoms. The SMILES string of the molecule is CCCC1O[C@@H]2C[C@H]3[C@@H]4CCC5=CC(=O)C=C[C@]5(C)[C@H]4[C@@H](O)C[C@]3(C)[C@]2(C(=O)CO)O1.CN1CCCC(n2nc(Cc3ccc(Cl)cc3)c3ccccc3c2=O)CC1. The van der Waals surface area contributed by atoms with Gasteiger partial charge in [-0.2, -0.15) is 5.10 Å². The molecule has 1 aromatic heterocycles. The van der Waals surface area contributed by atoms with E-state index in [1.54, 1.807) is 16.8 Å². The Labute approximate surface area is 346 Å². The highest BCUT2D eigenvalue weighted by Gasteiger charge is 2.75. The minimum Gasteiger partial charge on any atom is -0.393 e. The van der Waals surface area contributed by atoms with E-state index in [2.05, 4.69) is 32.7 Å². The molecule has 5 fully saturated rings. The number of halogens is 1. The Kier molecular flexibility index (Phi) is 11.5. The van der Waals surface area contributed by atoms with Gasteiger partial charge in [0.2, 0.25) is 0 Å². The van der Waals surface area contributed by atoms with Crippen molar-refractivity contribution in [1.29, 1.82) is 0 Å². The van der Waals surface area contributed by atoms with Crippen molar-refractivity contribution in [2.45, 2.75) is 115 Å². The van der Waals surface area contributed by atoms with Gasteiger partial charge in [0.25, 0.3) is 5.56 Å². The second kappa shape index (κ2) is 16.2. The summed E-state index contributed by atoms with van der Waals surface area (Å²) in [5, 5.41) is 28.7. The topological polar surface area (TPSA) is 131 Å². The summed E-state index contributed by atoms with van der Waals surface area (Å²) in [6.07, 6.45) is 12.0. The van der Waals surface area contributed by atoms with E-state index in [1.807, 2.05) is 54.6 Å². The van der Waals surface area contributed by atoms with Crippen molar-refractivity contribution < 1.29 is 29.3 Å². The smallest absolute Gasteiger partial charge is 0.274 e. The first-order valence-corrected chi connectivity index (χ1v) is 21.7. The van der Waals surface area contributed by atoms with E-state index < -0.39 is 36.1 Å². The largest absolute Gasteiger partial charge is 0.393 e. The van der Waals surface area contributed by atoms with Crippen molar-refractivity contribution in [2.75, 3.05) is 26.7 Å². The van der Waals surface area contributed by atoms with Gasteiger partial charge in [-0.05, 0) is 119 Å². The molecule has 3 aromatic rings. The van der Waals surface area contributed by atoms with Crippen LogP contribution in [0, 0.1) is 28.6 Å². The molecule has 58 heavy (non-hydrogen) atoms. The van der Waals surface area contributed by atoms with Crippen LogP contribution in [-0.2, 0) is 25.5 Å². The molecule has 2 aliphatic heterocycles. The number of nitrogens with zero attached hydrogens (tertiary/aromatic N) is 3. The molecule has 10 nitrogen and oxygen atoms in total. The average Bonchev–Trinajstić information content (AvgIpc) is 3.59. The van der Waals surface area contributed by atoms with Crippen molar-refractivity contribution in [2.24, 2.45) is 28.6 Å². The summed E-state index contributed by atoms with van der Waals surface area (Å²) >= 11 is 6.02. The summed E-state index contributed by atoms with van der Waals surface area (Å²) < 4.78 is 14.4. The van der Waals surface area contributed by atoms with E-state index >= 15 is 0 Å². The van der Waals surface area contributed by atoms with Crippen molar-refractivity contribution >= 4 is 33.9 Å². The molecule has 0 radical (unpaired) electrons. The van der Waals surface area contributed by atoms with Gasteiger partial charge in [0.1, 0.15) is 6.61 Å². The van der Waals surface area contributed by atoms with Gasteiger partial charge in [-0.3, -0.25) is 14.4 Å². The van der Waals surface area contributed by atoms with E-state index in [-0.39, 0.29) is 46.3 Å². The van der Waals surface area contributed by atoms with Gasteiger partial charge in [-0.25, -0.2) is 4.68 Å². The number of carbonyl (C=O) groups is 2. The molecule has 0 amide bonds. The summed E-state index contributed by atoms with van der Waals surface area (Å²) in [6, 6.07) is 15.8. The van der Waals surface area contributed by atoms with Crippen LogP contribution in [0.3, 0.4) is 0 Å². The van der Waals surface area contributed by atoms with Crippen LogP contribution in [0.2, 0.25) is 5.02 Å². The Morgan fingerprint density at radius 2 is 1.79 bits per heavy atom. The third kappa shape index (κ3) is 6.95. The second-order valence-electron chi connectivity index (χ2n) is 18.2. The molecule has 3 heterocycles. The summed E-state index contributed by atoms with van der Waals surface area (Å²) in [6.45, 7) is 7.75. The highest BCUT2D eigenvalue weighted by molar-refractivity contribution is 6.30. The summed E-state index contributed by atoms with van der Waals surface area (Å²) in [7, 11) is 2.14. The third-order valence-corrected chi connectivity index (χ3v) is 15.1. The number of likely N-dealkylation sites (tertiary alicyclic amines) is 1. The second-order valence-corrected chi connectivity index (χ2v) is 18.6. The van der Waals surface area contributed by atoms with Crippen LogP contribution in [0.4, 0.5) is 0 Å². The molecule has 2 aromatic carbocycles. The molecule has 310 valence electrons. The molecular weight excluding hydrogens is 754 g/mol. The molecule has 0 bridgehead atoms. The quantitative estimate of drug-likeness (QED) is 0.259. The van der Waals surface area contributed by atoms with Gasteiger partial charge in [0, 0.05) is 33.6 Å². The van der Waals surface area contributed by atoms with Crippen molar-refractivity contribution in [3.05, 3.63) is 99.0 Å². The minimum absolute atomic E-state index is 0.0125. The first kappa shape index (κ1) is 41.2.